The Labute approximate surface area is 184 Å². The average Bonchev–Trinajstić information content (AvgIpc) is 2.97. The number of carbonyl (C=O) groups is 4. The SMILES string of the molecule is CCOC(=O)[C@]12CC(=O)CC[C@]13c1cc(OC)c(OC)cc1C[C@@H](C(=O)O)N3C(=O)[C@@H]2O. The van der Waals surface area contributed by atoms with Crippen LogP contribution < -0.4 is 9.47 Å². The fourth-order valence-corrected chi connectivity index (χ4v) is 5.79. The molecule has 0 unspecified atom stereocenters. The van der Waals surface area contributed by atoms with Gasteiger partial charge in [-0.05, 0) is 36.6 Å². The first-order valence-electron chi connectivity index (χ1n) is 10.4. The summed E-state index contributed by atoms with van der Waals surface area (Å²) in [5.41, 5.74) is -2.56. The minimum atomic E-state index is -1.97. The van der Waals surface area contributed by atoms with E-state index in [0.29, 0.717) is 22.6 Å². The molecule has 0 bridgehead atoms. The summed E-state index contributed by atoms with van der Waals surface area (Å²) in [6.45, 7) is 1.54. The van der Waals surface area contributed by atoms with Gasteiger partial charge in [0.25, 0.3) is 5.91 Å². The number of esters is 1. The number of nitrogens with zero attached hydrogens (tertiary/aromatic N) is 1. The van der Waals surface area contributed by atoms with Gasteiger partial charge in [0.2, 0.25) is 0 Å². The average molecular weight is 447 g/mol. The first-order valence-corrected chi connectivity index (χ1v) is 10.4. The number of hydrogen-bond acceptors (Lipinski definition) is 8. The summed E-state index contributed by atoms with van der Waals surface area (Å²) in [7, 11) is 2.87. The predicted molar refractivity (Wildman–Crippen MR) is 107 cm³/mol. The maximum atomic E-state index is 13.4. The molecule has 1 saturated heterocycles. The number of aliphatic carboxylic acids is 1. The molecule has 1 spiro atoms. The summed E-state index contributed by atoms with van der Waals surface area (Å²) in [5, 5.41) is 21.1. The van der Waals surface area contributed by atoms with E-state index in [4.69, 9.17) is 14.2 Å². The van der Waals surface area contributed by atoms with E-state index in [-0.39, 0.29) is 31.7 Å². The molecule has 32 heavy (non-hydrogen) atoms. The lowest BCUT2D eigenvalue weighted by atomic mass is 9.55. The molecule has 1 aliphatic carbocycles. The number of carboxylic acids is 1. The van der Waals surface area contributed by atoms with E-state index < -0.39 is 47.4 Å². The van der Waals surface area contributed by atoms with Crippen LogP contribution in [-0.4, -0.2) is 71.7 Å². The molecular formula is C22H25NO9. The van der Waals surface area contributed by atoms with E-state index in [1.54, 1.807) is 19.1 Å². The first kappa shape index (κ1) is 22.1. The molecule has 1 amide bonds. The topological polar surface area (TPSA) is 140 Å². The third-order valence-corrected chi connectivity index (χ3v) is 7.03. The molecule has 10 nitrogen and oxygen atoms in total. The van der Waals surface area contributed by atoms with Gasteiger partial charge < -0.3 is 29.3 Å². The number of rotatable bonds is 5. The highest BCUT2D eigenvalue weighted by molar-refractivity contribution is 6.02. The van der Waals surface area contributed by atoms with Crippen molar-refractivity contribution >= 4 is 23.6 Å². The van der Waals surface area contributed by atoms with E-state index in [1.165, 1.54) is 14.2 Å². The van der Waals surface area contributed by atoms with Gasteiger partial charge in [0.1, 0.15) is 17.2 Å². The largest absolute Gasteiger partial charge is 0.493 e. The minimum absolute atomic E-state index is 0.0117. The van der Waals surface area contributed by atoms with Crippen molar-refractivity contribution in [3.05, 3.63) is 23.3 Å². The Bertz CT molecular complexity index is 1020. The zero-order valence-electron chi connectivity index (χ0n) is 18.0. The maximum absolute atomic E-state index is 13.4. The van der Waals surface area contributed by atoms with E-state index in [9.17, 15) is 29.4 Å². The van der Waals surface area contributed by atoms with Crippen LogP contribution in [0.5, 0.6) is 11.5 Å². The molecule has 1 aromatic rings. The van der Waals surface area contributed by atoms with Crippen LogP contribution in [0.2, 0.25) is 0 Å². The van der Waals surface area contributed by atoms with Crippen molar-refractivity contribution in [3.8, 4) is 11.5 Å². The number of aliphatic hydroxyl groups excluding tert-OH is 1. The molecule has 172 valence electrons. The van der Waals surface area contributed by atoms with Crippen LogP contribution in [0.15, 0.2) is 12.1 Å². The zero-order valence-corrected chi connectivity index (χ0v) is 18.0. The van der Waals surface area contributed by atoms with Gasteiger partial charge in [-0.3, -0.25) is 14.4 Å². The molecule has 2 fully saturated rings. The Balaban J connectivity index is 2.11. The number of amides is 1. The minimum Gasteiger partial charge on any atom is -0.493 e. The molecule has 1 aromatic carbocycles. The summed E-state index contributed by atoms with van der Waals surface area (Å²) < 4.78 is 16.1. The molecule has 2 aliphatic heterocycles. The second-order valence-electron chi connectivity index (χ2n) is 8.30. The number of fused-ring (bicyclic) bond motifs is 1. The van der Waals surface area contributed by atoms with Crippen molar-refractivity contribution in [2.24, 2.45) is 5.41 Å². The predicted octanol–water partition coefficient (Wildman–Crippen LogP) is 0.414. The van der Waals surface area contributed by atoms with Crippen LogP contribution in [0, 0.1) is 5.41 Å². The van der Waals surface area contributed by atoms with Gasteiger partial charge >= 0.3 is 11.9 Å². The van der Waals surface area contributed by atoms with Crippen molar-refractivity contribution in [1.82, 2.24) is 4.90 Å². The van der Waals surface area contributed by atoms with Gasteiger partial charge in [-0.15, -0.1) is 0 Å². The summed E-state index contributed by atoms with van der Waals surface area (Å²) in [6.07, 6.45) is -2.43. The highest BCUT2D eigenvalue weighted by atomic mass is 16.5. The molecule has 10 heteroatoms. The second-order valence-corrected chi connectivity index (χ2v) is 8.30. The van der Waals surface area contributed by atoms with Crippen molar-refractivity contribution in [2.75, 3.05) is 20.8 Å². The third-order valence-electron chi connectivity index (χ3n) is 7.03. The smallest absolute Gasteiger partial charge is 0.326 e. The van der Waals surface area contributed by atoms with Gasteiger partial charge in [-0.2, -0.15) is 0 Å². The van der Waals surface area contributed by atoms with Crippen LogP contribution >= 0.6 is 0 Å². The quantitative estimate of drug-likeness (QED) is 0.614. The van der Waals surface area contributed by atoms with Crippen LogP contribution in [0.4, 0.5) is 0 Å². The molecule has 1 saturated carbocycles. The molecule has 0 aromatic heterocycles. The number of methoxy groups -OCH3 is 2. The molecular weight excluding hydrogens is 422 g/mol. The lowest BCUT2D eigenvalue weighted by molar-refractivity contribution is -0.180. The first-order chi connectivity index (χ1) is 15.2. The monoisotopic (exact) mass is 447 g/mol. The highest BCUT2D eigenvalue weighted by Crippen LogP contribution is 2.64. The van der Waals surface area contributed by atoms with E-state index in [1.807, 2.05) is 0 Å². The van der Waals surface area contributed by atoms with Crippen LogP contribution in [0.3, 0.4) is 0 Å². The third kappa shape index (κ3) is 2.55. The van der Waals surface area contributed by atoms with E-state index >= 15 is 0 Å². The summed E-state index contributed by atoms with van der Waals surface area (Å²) >= 11 is 0. The molecule has 3 aliphatic rings. The highest BCUT2D eigenvalue weighted by Gasteiger charge is 2.77. The summed E-state index contributed by atoms with van der Waals surface area (Å²) in [4.78, 5) is 52.7. The lowest BCUT2D eigenvalue weighted by Gasteiger charge is -2.54. The number of hydrogen-bond donors (Lipinski definition) is 2. The molecule has 2 N–H and O–H groups in total. The number of Topliss-reactive ketones (excluding diaryl/α,β-unsaturated/α-hetero) is 1. The second kappa shape index (κ2) is 7.47. The Morgan fingerprint density at radius 3 is 2.44 bits per heavy atom. The number of aliphatic hydroxyl groups is 1. The van der Waals surface area contributed by atoms with Crippen molar-refractivity contribution in [1.29, 1.82) is 0 Å². The van der Waals surface area contributed by atoms with E-state index in [0.717, 1.165) is 4.90 Å². The fraction of sp³-hybridized carbons (Fsp3) is 0.545. The molecule has 2 heterocycles. The Kier molecular flexibility index (Phi) is 5.15. The molecule has 4 rings (SSSR count). The Morgan fingerprint density at radius 1 is 1.19 bits per heavy atom. The Morgan fingerprint density at radius 2 is 1.84 bits per heavy atom. The lowest BCUT2D eigenvalue weighted by Crippen LogP contribution is -2.65. The van der Waals surface area contributed by atoms with Crippen LogP contribution in [-0.2, 0) is 35.9 Å². The number of ether oxygens (including phenoxy) is 3. The zero-order chi connectivity index (χ0) is 23.4. The Hall–Kier alpha value is -3.14. The number of benzene rings is 1. The summed E-state index contributed by atoms with van der Waals surface area (Å²) in [6, 6.07) is 1.89. The van der Waals surface area contributed by atoms with E-state index in [2.05, 4.69) is 0 Å². The molecule has 0 radical (unpaired) electrons. The normalized spacial score (nSPS) is 30.8. The fourth-order valence-electron chi connectivity index (χ4n) is 5.79. The number of carbonyl (C=O) groups excluding carboxylic acids is 3. The van der Waals surface area contributed by atoms with Gasteiger partial charge in [0, 0.05) is 19.3 Å². The number of ketones is 1. The van der Waals surface area contributed by atoms with Crippen LogP contribution in [0.1, 0.15) is 37.3 Å². The van der Waals surface area contributed by atoms with Gasteiger partial charge in [0.05, 0.1) is 26.4 Å². The van der Waals surface area contributed by atoms with Crippen molar-refractivity contribution in [3.63, 3.8) is 0 Å². The van der Waals surface area contributed by atoms with Crippen LogP contribution in [0.25, 0.3) is 0 Å². The standard InChI is InChI=1S/C22H25NO9/c1-4-32-20(29)21-10-12(24)5-6-22(21)13-9-16(31-3)15(30-2)8-11(13)7-14(19(27)28)23(22)18(26)17(21)25/h8-9,14,17,25H,4-7,10H2,1-3H3,(H,27,28)/t14-,17-,21+,22-/m0/s1. The molecule has 4 atom stereocenters. The van der Waals surface area contributed by atoms with Gasteiger partial charge in [0.15, 0.2) is 17.6 Å². The maximum Gasteiger partial charge on any atom is 0.326 e. The van der Waals surface area contributed by atoms with Gasteiger partial charge in [-0.1, -0.05) is 0 Å². The summed E-state index contributed by atoms with van der Waals surface area (Å²) in [5.74, 6) is -2.71. The van der Waals surface area contributed by atoms with Crippen molar-refractivity contribution < 1.29 is 43.6 Å². The van der Waals surface area contributed by atoms with Gasteiger partial charge in [-0.25, -0.2) is 4.79 Å². The number of carboxylic acid groups (broad SMARTS) is 1. The van der Waals surface area contributed by atoms with Crippen molar-refractivity contribution in [2.45, 2.75) is 50.3 Å².